The average molecular weight is 339 g/mol. The first-order valence-corrected chi connectivity index (χ1v) is 7.52. The van der Waals surface area contributed by atoms with Gasteiger partial charge in [-0.3, -0.25) is 4.98 Å². The van der Waals surface area contributed by atoms with Crippen LogP contribution in [0.4, 0.5) is 0 Å². The normalized spacial score (nSPS) is 10.5. The van der Waals surface area contributed by atoms with E-state index in [4.69, 9.17) is 14.2 Å². The van der Waals surface area contributed by atoms with Crippen LogP contribution in [0.15, 0.2) is 42.6 Å². The molecule has 0 radical (unpaired) electrons. The average Bonchev–Trinajstić information content (AvgIpc) is 2.65. The molecule has 0 aliphatic heterocycles. The number of pyridine rings is 1. The van der Waals surface area contributed by atoms with E-state index in [2.05, 4.69) is 4.98 Å². The molecular weight excluding hydrogens is 322 g/mol. The number of fused-ring (bicyclic) bond motifs is 1. The lowest BCUT2D eigenvalue weighted by Crippen LogP contribution is -2.03. The summed E-state index contributed by atoms with van der Waals surface area (Å²) in [7, 11) is 4.47. The molecule has 0 bridgehead atoms. The molecule has 0 atom stereocenters. The maximum absolute atomic E-state index is 11.6. The Bertz CT molecular complexity index is 952. The topological polar surface area (TPSA) is 77.9 Å². The SMILES string of the molecule is COc1cc(-c2ccc(OC)c3ncccc23)cc(C(=O)O)c1OC. The number of carbonyl (C=O) groups is 1. The van der Waals surface area contributed by atoms with Crippen LogP contribution in [0.5, 0.6) is 17.2 Å². The summed E-state index contributed by atoms with van der Waals surface area (Å²) < 4.78 is 15.9. The molecule has 0 saturated carbocycles. The molecule has 128 valence electrons. The van der Waals surface area contributed by atoms with Crippen LogP contribution in [0.25, 0.3) is 22.0 Å². The van der Waals surface area contributed by atoms with E-state index in [0.29, 0.717) is 22.6 Å². The molecule has 3 rings (SSSR count). The first kappa shape index (κ1) is 16.6. The quantitative estimate of drug-likeness (QED) is 0.765. The molecule has 3 aromatic rings. The number of carboxylic acid groups (broad SMARTS) is 1. The van der Waals surface area contributed by atoms with Gasteiger partial charge in [0.1, 0.15) is 16.8 Å². The number of aromatic nitrogens is 1. The van der Waals surface area contributed by atoms with Gasteiger partial charge in [-0.15, -0.1) is 0 Å². The second-order valence-electron chi connectivity index (χ2n) is 5.28. The number of nitrogens with zero attached hydrogens (tertiary/aromatic N) is 1. The molecule has 0 unspecified atom stereocenters. The predicted octanol–water partition coefficient (Wildman–Crippen LogP) is 3.63. The first-order chi connectivity index (χ1) is 12.1. The zero-order chi connectivity index (χ0) is 18.0. The van der Waals surface area contributed by atoms with Crippen molar-refractivity contribution < 1.29 is 24.1 Å². The van der Waals surface area contributed by atoms with Crippen LogP contribution in [0, 0.1) is 0 Å². The van der Waals surface area contributed by atoms with Crippen molar-refractivity contribution >= 4 is 16.9 Å². The molecule has 0 saturated heterocycles. The summed E-state index contributed by atoms with van der Waals surface area (Å²) in [6.45, 7) is 0. The van der Waals surface area contributed by atoms with Crippen LogP contribution in [0.1, 0.15) is 10.4 Å². The van der Waals surface area contributed by atoms with E-state index in [1.807, 2.05) is 24.3 Å². The van der Waals surface area contributed by atoms with Crippen LogP contribution >= 0.6 is 0 Å². The standard InChI is InChI=1S/C19H17NO5/c1-23-15-7-6-12(13-5-4-8-20-17(13)15)11-9-14(19(21)22)18(25-3)16(10-11)24-2/h4-10H,1-3H3,(H,21,22). The molecule has 0 aliphatic rings. The molecule has 0 amide bonds. The maximum atomic E-state index is 11.6. The van der Waals surface area contributed by atoms with Crippen LogP contribution in [0.2, 0.25) is 0 Å². The third-order valence-corrected chi connectivity index (χ3v) is 3.97. The minimum atomic E-state index is -1.09. The van der Waals surface area contributed by atoms with Crippen molar-refractivity contribution in [2.24, 2.45) is 0 Å². The summed E-state index contributed by atoms with van der Waals surface area (Å²) in [6, 6.07) is 10.7. The smallest absolute Gasteiger partial charge is 0.339 e. The Morgan fingerprint density at radius 1 is 1.00 bits per heavy atom. The molecule has 2 aromatic carbocycles. The van der Waals surface area contributed by atoms with Crippen molar-refractivity contribution in [2.75, 3.05) is 21.3 Å². The molecule has 1 N–H and O–H groups in total. The molecule has 0 aliphatic carbocycles. The van der Waals surface area contributed by atoms with E-state index in [-0.39, 0.29) is 11.3 Å². The van der Waals surface area contributed by atoms with Crippen molar-refractivity contribution in [1.29, 1.82) is 0 Å². The summed E-state index contributed by atoms with van der Waals surface area (Å²) >= 11 is 0. The highest BCUT2D eigenvalue weighted by Crippen LogP contribution is 2.39. The minimum absolute atomic E-state index is 0.0321. The van der Waals surface area contributed by atoms with Gasteiger partial charge in [-0.05, 0) is 41.5 Å². The summed E-state index contributed by atoms with van der Waals surface area (Å²) in [5.41, 5.74) is 2.25. The Morgan fingerprint density at radius 3 is 2.40 bits per heavy atom. The molecule has 6 nitrogen and oxygen atoms in total. The van der Waals surface area contributed by atoms with Crippen molar-refractivity contribution in [2.45, 2.75) is 0 Å². The van der Waals surface area contributed by atoms with Gasteiger partial charge in [0.2, 0.25) is 0 Å². The molecule has 0 fully saturated rings. The molecular formula is C19H17NO5. The third-order valence-electron chi connectivity index (χ3n) is 3.97. The highest BCUT2D eigenvalue weighted by molar-refractivity contribution is 6.00. The second kappa shape index (κ2) is 6.68. The van der Waals surface area contributed by atoms with E-state index >= 15 is 0 Å². The lowest BCUT2D eigenvalue weighted by atomic mass is 9.97. The second-order valence-corrected chi connectivity index (χ2v) is 5.28. The van der Waals surface area contributed by atoms with E-state index < -0.39 is 5.97 Å². The zero-order valence-corrected chi connectivity index (χ0v) is 14.1. The van der Waals surface area contributed by atoms with Crippen LogP contribution < -0.4 is 14.2 Å². The largest absolute Gasteiger partial charge is 0.494 e. The Hall–Kier alpha value is -3.28. The molecule has 0 spiro atoms. The van der Waals surface area contributed by atoms with Gasteiger partial charge in [-0.1, -0.05) is 6.07 Å². The van der Waals surface area contributed by atoms with E-state index in [1.165, 1.54) is 14.2 Å². The van der Waals surface area contributed by atoms with Crippen LogP contribution in [-0.4, -0.2) is 37.4 Å². The monoisotopic (exact) mass is 339 g/mol. The summed E-state index contributed by atoms with van der Waals surface area (Å²) in [5.74, 6) is 0.103. The lowest BCUT2D eigenvalue weighted by molar-refractivity contribution is 0.0692. The van der Waals surface area contributed by atoms with Gasteiger partial charge in [0.25, 0.3) is 0 Å². The minimum Gasteiger partial charge on any atom is -0.494 e. The fourth-order valence-electron chi connectivity index (χ4n) is 2.84. The van der Waals surface area contributed by atoms with Gasteiger partial charge in [0.15, 0.2) is 11.5 Å². The van der Waals surface area contributed by atoms with Gasteiger partial charge < -0.3 is 19.3 Å². The Morgan fingerprint density at radius 2 is 1.76 bits per heavy atom. The highest BCUT2D eigenvalue weighted by Gasteiger charge is 2.19. The van der Waals surface area contributed by atoms with Crippen LogP contribution in [-0.2, 0) is 0 Å². The van der Waals surface area contributed by atoms with Gasteiger partial charge in [0.05, 0.1) is 21.3 Å². The van der Waals surface area contributed by atoms with Crippen molar-refractivity contribution in [3.8, 4) is 28.4 Å². The van der Waals surface area contributed by atoms with Crippen molar-refractivity contribution in [3.05, 3.63) is 48.2 Å². The molecule has 6 heteroatoms. The number of ether oxygens (including phenoxy) is 3. The predicted molar refractivity (Wildman–Crippen MR) is 93.8 cm³/mol. The number of rotatable bonds is 5. The van der Waals surface area contributed by atoms with E-state index in [1.54, 1.807) is 25.4 Å². The van der Waals surface area contributed by atoms with Gasteiger partial charge in [-0.25, -0.2) is 4.79 Å². The maximum Gasteiger partial charge on any atom is 0.339 e. The first-order valence-electron chi connectivity index (χ1n) is 7.52. The Balaban J connectivity index is 2.32. The molecule has 1 heterocycles. The number of carboxylic acids is 1. The van der Waals surface area contributed by atoms with Crippen molar-refractivity contribution in [1.82, 2.24) is 4.98 Å². The summed E-state index contributed by atoms with van der Waals surface area (Å²) in [6.07, 6.45) is 1.69. The number of hydrogen-bond donors (Lipinski definition) is 1. The van der Waals surface area contributed by atoms with Crippen LogP contribution in [0.3, 0.4) is 0 Å². The highest BCUT2D eigenvalue weighted by atomic mass is 16.5. The van der Waals surface area contributed by atoms with E-state index in [9.17, 15) is 9.90 Å². The van der Waals surface area contributed by atoms with E-state index in [0.717, 1.165) is 10.9 Å². The zero-order valence-electron chi connectivity index (χ0n) is 14.1. The lowest BCUT2D eigenvalue weighted by Gasteiger charge is -2.15. The number of hydrogen-bond acceptors (Lipinski definition) is 5. The third kappa shape index (κ3) is 2.82. The Labute approximate surface area is 144 Å². The summed E-state index contributed by atoms with van der Waals surface area (Å²) in [4.78, 5) is 16.0. The van der Waals surface area contributed by atoms with Gasteiger partial charge in [0, 0.05) is 11.6 Å². The van der Waals surface area contributed by atoms with Crippen molar-refractivity contribution in [3.63, 3.8) is 0 Å². The Kier molecular flexibility index (Phi) is 4.43. The number of aromatic carboxylic acids is 1. The number of benzene rings is 2. The van der Waals surface area contributed by atoms with Gasteiger partial charge in [-0.2, -0.15) is 0 Å². The summed E-state index contributed by atoms with van der Waals surface area (Å²) in [5, 5.41) is 10.4. The number of methoxy groups -OCH3 is 3. The van der Waals surface area contributed by atoms with Gasteiger partial charge >= 0.3 is 5.97 Å². The fraction of sp³-hybridized carbons (Fsp3) is 0.158. The molecule has 25 heavy (non-hydrogen) atoms. The molecule has 1 aromatic heterocycles. The fourth-order valence-corrected chi connectivity index (χ4v) is 2.84.